The van der Waals surface area contributed by atoms with Crippen LogP contribution in [0.3, 0.4) is 0 Å². The van der Waals surface area contributed by atoms with Gasteiger partial charge in [0.15, 0.2) is 5.78 Å². The number of carbonyl (C=O) groups excluding carboxylic acids is 1. The number of nitrogens with two attached hydrogens (primary N) is 1. The van der Waals surface area contributed by atoms with Gasteiger partial charge in [-0.05, 0) is 25.0 Å². The van der Waals surface area contributed by atoms with E-state index in [1.54, 1.807) is 11.3 Å². The molecule has 0 saturated heterocycles. The summed E-state index contributed by atoms with van der Waals surface area (Å²) < 4.78 is 1.94. The van der Waals surface area contributed by atoms with E-state index in [2.05, 4.69) is 0 Å². The van der Waals surface area contributed by atoms with Crippen LogP contribution >= 0.6 is 11.3 Å². The number of carbonyl (C=O) groups is 1. The predicted octanol–water partition coefficient (Wildman–Crippen LogP) is 1.76. The predicted molar refractivity (Wildman–Crippen MR) is 58.1 cm³/mol. The van der Waals surface area contributed by atoms with E-state index in [4.69, 9.17) is 5.73 Å². The lowest BCUT2D eigenvalue weighted by atomic mass is 10.1. The molecular formula is C10H12N2OS. The minimum absolute atomic E-state index is 0.00370. The lowest BCUT2D eigenvalue weighted by molar-refractivity contribution is 0.0995. The monoisotopic (exact) mass is 208 g/mol. The topological polar surface area (TPSA) is 47.5 Å². The number of ketones is 1. The summed E-state index contributed by atoms with van der Waals surface area (Å²) in [5, 5.41) is 1.98. The third-order valence-corrected chi connectivity index (χ3v) is 3.52. The van der Waals surface area contributed by atoms with Gasteiger partial charge in [-0.3, -0.25) is 4.79 Å². The standard InChI is InChI=1S/C10H12N2OS/c1-6-7(2)10-12(3-4-14-10)9(6)8(13)5-11/h3-4H,5,11H2,1-2H3. The number of Topliss-reactive ketones (excluding diaryl/α,β-unsaturated/α-hetero) is 1. The van der Waals surface area contributed by atoms with E-state index >= 15 is 0 Å². The fourth-order valence-electron chi connectivity index (χ4n) is 1.68. The van der Waals surface area contributed by atoms with Gasteiger partial charge in [0.2, 0.25) is 0 Å². The van der Waals surface area contributed by atoms with Crippen LogP contribution in [0, 0.1) is 13.8 Å². The van der Waals surface area contributed by atoms with E-state index < -0.39 is 0 Å². The van der Waals surface area contributed by atoms with Crippen LogP contribution in [0.5, 0.6) is 0 Å². The van der Waals surface area contributed by atoms with E-state index in [-0.39, 0.29) is 12.3 Å². The smallest absolute Gasteiger partial charge is 0.193 e. The molecule has 0 aromatic carbocycles. The average molecular weight is 208 g/mol. The summed E-state index contributed by atoms with van der Waals surface area (Å²) in [7, 11) is 0. The Morgan fingerprint density at radius 3 is 2.86 bits per heavy atom. The highest BCUT2D eigenvalue weighted by molar-refractivity contribution is 7.15. The maximum atomic E-state index is 11.6. The zero-order valence-electron chi connectivity index (χ0n) is 8.20. The Morgan fingerprint density at radius 2 is 2.21 bits per heavy atom. The van der Waals surface area contributed by atoms with E-state index in [0.29, 0.717) is 0 Å². The molecule has 0 spiro atoms. The molecule has 2 N–H and O–H groups in total. The largest absolute Gasteiger partial charge is 0.324 e. The van der Waals surface area contributed by atoms with Crippen molar-refractivity contribution in [2.24, 2.45) is 5.73 Å². The quantitative estimate of drug-likeness (QED) is 0.764. The highest BCUT2D eigenvalue weighted by Gasteiger charge is 2.17. The molecule has 0 fully saturated rings. The number of thiazole rings is 1. The molecule has 0 bridgehead atoms. The van der Waals surface area contributed by atoms with E-state index in [9.17, 15) is 4.79 Å². The minimum atomic E-state index is 0.00370. The molecule has 2 heterocycles. The van der Waals surface area contributed by atoms with Crippen LogP contribution in [0.15, 0.2) is 11.6 Å². The van der Waals surface area contributed by atoms with Gasteiger partial charge in [0, 0.05) is 11.6 Å². The molecule has 0 aliphatic rings. The van der Waals surface area contributed by atoms with Gasteiger partial charge >= 0.3 is 0 Å². The van der Waals surface area contributed by atoms with Gasteiger partial charge in [0.1, 0.15) is 4.83 Å². The molecule has 0 radical (unpaired) electrons. The summed E-state index contributed by atoms with van der Waals surface area (Å²) in [6.45, 7) is 4.08. The van der Waals surface area contributed by atoms with Crippen molar-refractivity contribution in [3.63, 3.8) is 0 Å². The molecule has 0 aliphatic heterocycles. The van der Waals surface area contributed by atoms with Crippen molar-refractivity contribution in [2.75, 3.05) is 6.54 Å². The molecule has 2 aromatic heterocycles. The van der Waals surface area contributed by atoms with Gasteiger partial charge in [0.05, 0.1) is 12.2 Å². The Morgan fingerprint density at radius 1 is 1.50 bits per heavy atom. The van der Waals surface area contributed by atoms with Crippen molar-refractivity contribution in [1.82, 2.24) is 4.40 Å². The van der Waals surface area contributed by atoms with Crippen molar-refractivity contribution in [2.45, 2.75) is 13.8 Å². The van der Waals surface area contributed by atoms with Crippen LogP contribution in [0.1, 0.15) is 21.6 Å². The Hall–Kier alpha value is -1.13. The molecule has 4 heteroatoms. The van der Waals surface area contributed by atoms with Gasteiger partial charge in [-0.25, -0.2) is 0 Å². The Kier molecular flexibility index (Phi) is 2.17. The Bertz CT molecular complexity index is 495. The molecule has 74 valence electrons. The third-order valence-electron chi connectivity index (χ3n) is 2.54. The summed E-state index contributed by atoms with van der Waals surface area (Å²) in [5.74, 6) is 0.00370. The summed E-state index contributed by atoms with van der Waals surface area (Å²) in [4.78, 5) is 12.8. The molecule has 0 atom stereocenters. The number of rotatable bonds is 2. The molecule has 0 amide bonds. The zero-order chi connectivity index (χ0) is 10.3. The molecule has 0 unspecified atom stereocenters. The number of hydrogen-bond acceptors (Lipinski definition) is 3. The van der Waals surface area contributed by atoms with Crippen LogP contribution in [0.4, 0.5) is 0 Å². The number of aromatic nitrogens is 1. The average Bonchev–Trinajstić information content (AvgIpc) is 2.72. The lowest BCUT2D eigenvalue weighted by Gasteiger charge is -1.98. The van der Waals surface area contributed by atoms with Gasteiger partial charge in [0.25, 0.3) is 0 Å². The minimum Gasteiger partial charge on any atom is -0.324 e. The first-order valence-corrected chi connectivity index (χ1v) is 5.32. The highest BCUT2D eigenvalue weighted by Crippen LogP contribution is 2.26. The first kappa shape index (κ1) is 9.43. The van der Waals surface area contributed by atoms with Crippen molar-refractivity contribution in [1.29, 1.82) is 0 Å². The fraction of sp³-hybridized carbons (Fsp3) is 0.300. The van der Waals surface area contributed by atoms with E-state index in [1.165, 1.54) is 5.56 Å². The maximum absolute atomic E-state index is 11.6. The first-order valence-electron chi connectivity index (χ1n) is 4.44. The number of hydrogen-bond donors (Lipinski definition) is 1. The number of nitrogens with zero attached hydrogens (tertiary/aromatic N) is 1. The third kappa shape index (κ3) is 1.11. The Labute approximate surface area is 86.2 Å². The molecule has 3 nitrogen and oxygen atoms in total. The summed E-state index contributed by atoms with van der Waals surface area (Å²) in [6, 6.07) is 0. The van der Waals surface area contributed by atoms with Crippen LogP contribution in [-0.4, -0.2) is 16.7 Å². The highest BCUT2D eigenvalue weighted by atomic mass is 32.1. The number of fused-ring (bicyclic) bond motifs is 1. The van der Waals surface area contributed by atoms with Gasteiger partial charge in [-0.1, -0.05) is 0 Å². The molecular weight excluding hydrogens is 196 g/mol. The second kappa shape index (κ2) is 3.22. The van der Waals surface area contributed by atoms with Crippen molar-refractivity contribution < 1.29 is 4.79 Å². The molecule has 2 rings (SSSR count). The molecule has 0 aliphatic carbocycles. The Balaban J connectivity index is 2.79. The SMILES string of the molecule is Cc1c(C)c2sccn2c1C(=O)CN. The van der Waals surface area contributed by atoms with Crippen molar-refractivity contribution in [3.8, 4) is 0 Å². The second-order valence-electron chi connectivity index (χ2n) is 3.30. The van der Waals surface area contributed by atoms with Gasteiger partial charge < -0.3 is 10.1 Å². The van der Waals surface area contributed by atoms with Crippen LogP contribution < -0.4 is 5.73 Å². The van der Waals surface area contributed by atoms with E-state index in [1.807, 2.05) is 29.8 Å². The van der Waals surface area contributed by atoms with E-state index in [0.717, 1.165) is 16.1 Å². The molecule has 0 saturated carbocycles. The van der Waals surface area contributed by atoms with Gasteiger partial charge in [-0.15, -0.1) is 11.3 Å². The number of aryl methyl sites for hydroxylation is 1. The van der Waals surface area contributed by atoms with Crippen LogP contribution in [0.25, 0.3) is 4.83 Å². The molecule has 14 heavy (non-hydrogen) atoms. The molecule has 2 aromatic rings. The maximum Gasteiger partial charge on any atom is 0.193 e. The van der Waals surface area contributed by atoms with Gasteiger partial charge in [-0.2, -0.15) is 0 Å². The van der Waals surface area contributed by atoms with Crippen molar-refractivity contribution in [3.05, 3.63) is 28.4 Å². The van der Waals surface area contributed by atoms with Crippen molar-refractivity contribution >= 4 is 22.0 Å². The summed E-state index contributed by atoms with van der Waals surface area (Å²) in [6.07, 6.45) is 1.92. The van der Waals surface area contributed by atoms with Crippen LogP contribution in [0.2, 0.25) is 0 Å². The fourth-order valence-corrected chi connectivity index (χ4v) is 2.59. The van der Waals surface area contributed by atoms with Crippen LogP contribution in [-0.2, 0) is 0 Å². The summed E-state index contributed by atoms with van der Waals surface area (Å²) in [5.41, 5.74) is 8.35. The first-order chi connectivity index (χ1) is 6.66. The zero-order valence-corrected chi connectivity index (χ0v) is 9.02. The normalized spacial score (nSPS) is 11.1. The lowest BCUT2D eigenvalue weighted by Crippen LogP contribution is -2.16. The summed E-state index contributed by atoms with van der Waals surface area (Å²) >= 11 is 1.65. The second-order valence-corrected chi connectivity index (χ2v) is 4.20.